The Hall–Kier alpha value is -0.940. The summed E-state index contributed by atoms with van der Waals surface area (Å²) in [6.07, 6.45) is -0.373. The molecule has 0 radical (unpaired) electrons. The van der Waals surface area contributed by atoms with E-state index in [1.54, 1.807) is 12.1 Å². The van der Waals surface area contributed by atoms with Crippen LogP contribution in [0.3, 0.4) is 0 Å². The summed E-state index contributed by atoms with van der Waals surface area (Å²) in [4.78, 5) is 0. The molecule has 0 aliphatic carbocycles. The van der Waals surface area contributed by atoms with Crippen molar-refractivity contribution < 1.29 is 9.50 Å². The lowest BCUT2D eigenvalue weighted by Gasteiger charge is -2.13. The van der Waals surface area contributed by atoms with Gasteiger partial charge in [0.1, 0.15) is 5.82 Å². The summed E-state index contributed by atoms with van der Waals surface area (Å²) < 4.78 is 14.8. The molecule has 94 valence electrons. The molecule has 2 rings (SSSR count). The number of benzene rings is 2. The molecule has 0 heterocycles. The fourth-order valence-electron chi connectivity index (χ4n) is 1.87. The lowest BCUT2D eigenvalue weighted by molar-refractivity contribution is 0.173. The van der Waals surface area contributed by atoms with E-state index in [1.165, 1.54) is 6.07 Å². The fraction of sp³-hybridized carbons (Fsp3) is 0.200. The molecule has 0 fully saturated rings. The highest BCUT2D eigenvalue weighted by Gasteiger charge is 2.13. The van der Waals surface area contributed by atoms with Crippen molar-refractivity contribution in [2.24, 2.45) is 0 Å². The van der Waals surface area contributed by atoms with Crippen molar-refractivity contribution in [3.8, 4) is 0 Å². The molecule has 1 unspecified atom stereocenters. The van der Waals surface area contributed by atoms with E-state index in [1.807, 2.05) is 31.2 Å². The molecule has 0 saturated carbocycles. The molecule has 0 bridgehead atoms. The average molecular weight is 356 g/mol. The van der Waals surface area contributed by atoms with Gasteiger partial charge in [0.15, 0.2) is 0 Å². The van der Waals surface area contributed by atoms with E-state index in [4.69, 9.17) is 0 Å². The molecule has 2 aromatic rings. The highest BCUT2D eigenvalue weighted by Crippen LogP contribution is 2.22. The van der Waals surface area contributed by atoms with Crippen LogP contribution in [-0.4, -0.2) is 5.11 Å². The second-order valence-electron chi connectivity index (χ2n) is 4.37. The van der Waals surface area contributed by atoms with Gasteiger partial charge in [-0.3, -0.25) is 0 Å². The van der Waals surface area contributed by atoms with Gasteiger partial charge in [-0.15, -0.1) is 0 Å². The van der Waals surface area contributed by atoms with Crippen LogP contribution < -0.4 is 0 Å². The third-order valence-electron chi connectivity index (χ3n) is 2.85. The monoisotopic (exact) mass is 356 g/mol. The number of hydrogen-bond donors (Lipinski definition) is 1. The van der Waals surface area contributed by atoms with Gasteiger partial charge in [0.2, 0.25) is 0 Å². The van der Waals surface area contributed by atoms with E-state index in [0.29, 0.717) is 12.0 Å². The normalized spacial score (nSPS) is 12.4. The van der Waals surface area contributed by atoms with Gasteiger partial charge in [-0.2, -0.15) is 0 Å². The smallest absolute Gasteiger partial charge is 0.129 e. The van der Waals surface area contributed by atoms with E-state index in [0.717, 1.165) is 14.7 Å². The van der Waals surface area contributed by atoms with Crippen LogP contribution in [0.1, 0.15) is 22.8 Å². The van der Waals surface area contributed by atoms with E-state index >= 15 is 0 Å². The Bertz CT molecular complexity index is 537. The number of aliphatic hydroxyl groups is 1. The largest absolute Gasteiger partial charge is 0.388 e. The Morgan fingerprint density at radius 3 is 2.50 bits per heavy atom. The first-order chi connectivity index (χ1) is 8.56. The lowest BCUT2D eigenvalue weighted by atomic mass is 9.99. The maximum absolute atomic E-state index is 13.6. The molecular formula is C15H14FIO. The second kappa shape index (κ2) is 5.80. The molecule has 0 aliphatic rings. The minimum atomic E-state index is -0.801. The van der Waals surface area contributed by atoms with Crippen LogP contribution in [0.15, 0.2) is 42.5 Å². The van der Waals surface area contributed by atoms with Gasteiger partial charge in [0, 0.05) is 15.6 Å². The van der Waals surface area contributed by atoms with Crippen LogP contribution in [0, 0.1) is 16.3 Å². The van der Waals surface area contributed by atoms with E-state index in [-0.39, 0.29) is 5.82 Å². The number of rotatable bonds is 3. The van der Waals surface area contributed by atoms with Gasteiger partial charge in [-0.05, 0) is 53.3 Å². The van der Waals surface area contributed by atoms with E-state index < -0.39 is 6.10 Å². The first-order valence-corrected chi connectivity index (χ1v) is 6.82. The van der Waals surface area contributed by atoms with Crippen LogP contribution >= 0.6 is 22.6 Å². The standard InChI is InChI=1S/C15H14FIO/c1-10-2-7-14(16)13(8-10)15(18)9-11-3-5-12(17)6-4-11/h2-8,15,18H,9H2,1H3. The van der Waals surface area contributed by atoms with Gasteiger partial charge in [0.05, 0.1) is 6.10 Å². The summed E-state index contributed by atoms with van der Waals surface area (Å²) in [6.45, 7) is 1.89. The number of aryl methyl sites for hydroxylation is 1. The molecule has 1 N–H and O–H groups in total. The minimum absolute atomic E-state index is 0.349. The van der Waals surface area contributed by atoms with Crippen molar-refractivity contribution in [1.29, 1.82) is 0 Å². The zero-order valence-corrected chi connectivity index (χ0v) is 12.2. The van der Waals surface area contributed by atoms with Gasteiger partial charge >= 0.3 is 0 Å². The van der Waals surface area contributed by atoms with E-state index in [2.05, 4.69) is 22.6 Å². The Balaban J connectivity index is 2.18. The number of halogens is 2. The second-order valence-corrected chi connectivity index (χ2v) is 5.62. The quantitative estimate of drug-likeness (QED) is 0.824. The molecule has 18 heavy (non-hydrogen) atoms. The first kappa shape index (κ1) is 13.5. The van der Waals surface area contributed by atoms with Crippen LogP contribution in [0.25, 0.3) is 0 Å². The number of hydrogen-bond acceptors (Lipinski definition) is 1. The Morgan fingerprint density at radius 1 is 1.17 bits per heavy atom. The molecule has 0 aromatic heterocycles. The summed E-state index contributed by atoms with van der Waals surface area (Å²) in [7, 11) is 0. The summed E-state index contributed by atoms with van der Waals surface area (Å²) in [5, 5.41) is 10.1. The molecule has 3 heteroatoms. The maximum atomic E-state index is 13.6. The van der Waals surface area contributed by atoms with Gasteiger partial charge < -0.3 is 5.11 Å². The Kier molecular flexibility index (Phi) is 4.35. The predicted octanol–water partition coefficient (Wildman–Crippen LogP) is 4.01. The van der Waals surface area contributed by atoms with E-state index in [9.17, 15) is 9.50 Å². The van der Waals surface area contributed by atoms with Crippen LogP contribution in [0.5, 0.6) is 0 Å². The molecule has 1 nitrogen and oxygen atoms in total. The summed E-state index contributed by atoms with van der Waals surface area (Å²) >= 11 is 2.23. The molecule has 1 atom stereocenters. The van der Waals surface area contributed by atoms with Gasteiger partial charge in [0.25, 0.3) is 0 Å². The zero-order valence-electron chi connectivity index (χ0n) is 10.0. The lowest BCUT2D eigenvalue weighted by Crippen LogP contribution is -2.04. The maximum Gasteiger partial charge on any atom is 0.129 e. The minimum Gasteiger partial charge on any atom is -0.388 e. The topological polar surface area (TPSA) is 20.2 Å². The molecule has 0 amide bonds. The van der Waals surface area contributed by atoms with Gasteiger partial charge in [-0.25, -0.2) is 4.39 Å². The van der Waals surface area contributed by atoms with Crippen LogP contribution in [0.4, 0.5) is 4.39 Å². The average Bonchev–Trinajstić information content (AvgIpc) is 2.35. The molecule has 0 aliphatic heterocycles. The third-order valence-corrected chi connectivity index (χ3v) is 3.57. The van der Waals surface area contributed by atoms with Crippen molar-refractivity contribution >= 4 is 22.6 Å². The highest BCUT2D eigenvalue weighted by molar-refractivity contribution is 14.1. The van der Waals surface area contributed by atoms with Crippen molar-refractivity contribution in [2.75, 3.05) is 0 Å². The molecular weight excluding hydrogens is 342 g/mol. The highest BCUT2D eigenvalue weighted by atomic mass is 127. The summed E-state index contributed by atoms with van der Waals surface area (Å²) in [5.74, 6) is -0.349. The first-order valence-electron chi connectivity index (χ1n) is 5.75. The third kappa shape index (κ3) is 3.29. The molecule has 2 aromatic carbocycles. The SMILES string of the molecule is Cc1ccc(F)c(C(O)Cc2ccc(I)cc2)c1. The predicted molar refractivity (Wildman–Crippen MR) is 79.0 cm³/mol. The number of aliphatic hydroxyl groups excluding tert-OH is 1. The zero-order chi connectivity index (χ0) is 13.1. The van der Waals surface area contributed by atoms with Crippen LogP contribution in [0.2, 0.25) is 0 Å². The summed E-state index contributed by atoms with van der Waals surface area (Å²) in [6, 6.07) is 12.7. The van der Waals surface area contributed by atoms with Crippen molar-refractivity contribution in [1.82, 2.24) is 0 Å². The van der Waals surface area contributed by atoms with Crippen LogP contribution in [-0.2, 0) is 6.42 Å². The van der Waals surface area contributed by atoms with Crippen molar-refractivity contribution in [3.63, 3.8) is 0 Å². The summed E-state index contributed by atoms with van der Waals surface area (Å²) in [5.41, 5.74) is 2.32. The van der Waals surface area contributed by atoms with Crippen molar-refractivity contribution in [2.45, 2.75) is 19.4 Å². The molecule has 0 saturated heterocycles. The van der Waals surface area contributed by atoms with Gasteiger partial charge in [-0.1, -0.05) is 29.8 Å². The fourth-order valence-corrected chi connectivity index (χ4v) is 2.23. The Labute approximate surface area is 120 Å². The van der Waals surface area contributed by atoms with Crippen molar-refractivity contribution in [3.05, 3.63) is 68.5 Å². The molecule has 0 spiro atoms. The Morgan fingerprint density at radius 2 is 1.83 bits per heavy atom.